The zero-order chi connectivity index (χ0) is 31.9. The molecule has 48 heavy (non-hydrogen) atoms. The van der Waals surface area contributed by atoms with E-state index < -0.39 is 0 Å². The molecule has 0 spiro atoms. The first-order valence-corrected chi connectivity index (χ1v) is 16.7. The molecular weight excluding hydrogens is 581 g/mol. The van der Waals surface area contributed by atoms with Crippen LogP contribution in [0.25, 0.3) is 33.0 Å². The summed E-state index contributed by atoms with van der Waals surface area (Å²) < 4.78 is 0. The lowest BCUT2D eigenvalue weighted by Gasteiger charge is -2.28. The Bertz CT molecular complexity index is 2290. The number of hydrogen-bond donors (Lipinski definition) is 0. The molecule has 0 saturated heterocycles. The molecule has 0 fully saturated rings. The predicted molar refractivity (Wildman–Crippen MR) is 203 cm³/mol. The number of hydrogen-bond acceptors (Lipinski definition) is 2. The summed E-state index contributed by atoms with van der Waals surface area (Å²) in [5.41, 5.74) is 12.2. The highest BCUT2D eigenvalue weighted by atomic mass is 15.2. The Morgan fingerprint density at radius 1 is 0.458 bits per heavy atom. The summed E-state index contributed by atoms with van der Waals surface area (Å²) in [6, 6.07) is 61.7. The standard InChI is InChI=1S/C46H34N2/c1-4-14-33(15-5-1)34-24-27-38(28-25-34)47(36-16-6-2-7-17-36)45-31-29-39(40-20-10-11-21-41(40)45)35-26-30-46-43(32-35)42-22-12-13-23-44(42)48(46)37-18-8-3-9-19-37/h1-32,42,44H. The fourth-order valence-corrected chi connectivity index (χ4v) is 7.57. The molecule has 228 valence electrons. The highest BCUT2D eigenvalue weighted by molar-refractivity contribution is 6.06. The molecule has 1 aliphatic carbocycles. The normalized spacial score (nSPS) is 16.1. The van der Waals surface area contributed by atoms with Gasteiger partial charge in [-0.15, -0.1) is 0 Å². The highest BCUT2D eigenvalue weighted by Crippen LogP contribution is 2.50. The van der Waals surface area contributed by atoms with Crippen molar-refractivity contribution in [3.05, 3.63) is 200 Å². The Morgan fingerprint density at radius 3 is 1.83 bits per heavy atom. The lowest BCUT2D eigenvalue weighted by atomic mass is 9.89. The van der Waals surface area contributed by atoms with Crippen LogP contribution in [-0.2, 0) is 0 Å². The van der Waals surface area contributed by atoms with E-state index in [1.54, 1.807) is 0 Å². The first kappa shape index (κ1) is 28.1. The van der Waals surface area contributed by atoms with Crippen LogP contribution in [0.1, 0.15) is 11.5 Å². The lowest BCUT2D eigenvalue weighted by Crippen LogP contribution is -2.28. The summed E-state index contributed by atoms with van der Waals surface area (Å²) in [5.74, 6) is 0.308. The van der Waals surface area contributed by atoms with E-state index in [1.165, 1.54) is 50.0 Å². The maximum Gasteiger partial charge on any atom is 0.0629 e. The number of nitrogens with zero attached hydrogens (tertiary/aromatic N) is 2. The van der Waals surface area contributed by atoms with E-state index in [0.29, 0.717) is 5.92 Å². The van der Waals surface area contributed by atoms with E-state index in [9.17, 15) is 0 Å². The molecule has 0 N–H and O–H groups in total. The van der Waals surface area contributed by atoms with Gasteiger partial charge in [-0.3, -0.25) is 0 Å². The van der Waals surface area contributed by atoms with Crippen LogP contribution in [0.4, 0.5) is 28.4 Å². The van der Waals surface area contributed by atoms with E-state index in [4.69, 9.17) is 0 Å². The quantitative estimate of drug-likeness (QED) is 0.184. The van der Waals surface area contributed by atoms with Crippen molar-refractivity contribution in [3.63, 3.8) is 0 Å². The molecule has 7 aromatic rings. The molecule has 7 aromatic carbocycles. The molecule has 1 aliphatic heterocycles. The smallest absolute Gasteiger partial charge is 0.0629 e. The van der Waals surface area contributed by atoms with Crippen LogP contribution in [-0.4, -0.2) is 6.04 Å². The average Bonchev–Trinajstić information content (AvgIpc) is 3.50. The van der Waals surface area contributed by atoms with Crippen LogP contribution in [0.3, 0.4) is 0 Å². The number of rotatable bonds is 6. The monoisotopic (exact) mass is 614 g/mol. The number of anilines is 5. The molecule has 2 atom stereocenters. The number of benzene rings is 7. The van der Waals surface area contributed by atoms with Gasteiger partial charge in [-0.05, 0) is 87.8 Å². The number of fused-ring (bicyclic) bond motifs is 4. The SMILES string of the molecule is C1=CC2c3cc(-c4ccc(N(c5ccccc5)c5ccc(-c6ccccc6)cc5)c5ccccc45)ccc3N(c3ccccc3)C2C=C1. The van der Waals surface area contributed by atoms with Crippen LogP contribution >= 0.6 is 0 Å². The van der Waals surface area contributed by atoms with Crippen molar-refractivity contribution >= 4 is 39.2 Å². The van der Waals surface area contributed by atoms with Crippen molar-refractivity contribution in [2.45, 2.75) is 12.0 Å². The molecule has 2 heteroatoms. The third kappa shape index (κ3) is 4.82. The van der Waals surface area contributed by atoms with Gasteiger partial charge in [0.25, 0.3) is 0 Å². The second kappa shape index (κ2) is 11.9. The second-order valence-electron chi connectivity index (χ2n) is 12.5. The predicted octanol–water partition coefficient (Wildman–Crippen LogP) is 12.4. The summed E-state index contributed by atoms with van der Waals surface area (Å²) in [4.78, 5) is 4.87. The van der Waals surface area contributed by atoms with E-state index in [0.717, 1.165) is 17.1 Å². The molecule has 0 saturated carbocycles. The Balaban J connectivity index is 1.16. The van der Waals surface area contributed by atoms with Gasteiger partial charge in [0, 0.05) is 34.1 Å². The molecule has 9 rings (SSSR count). The van der Waals surface area contributed by atoms with Crippen LogP contribution < -0.4 is 9.80 Å². The zero-order valence-corrected chi connectivity index (χ0v) is 26.5. The average molecular weight is 615 g/mol. The van der Waals surface area contributed by atoms with E-state index in [1.807, 2.05) is 0 Å². The first-order valence-electron chi connectivity index (χ1n) is 16.7. The number of allylic oxidation sites excluding steroid dienone is 2. The Labute approximate surface area is 282 Å². The zero-order valence-electron chi connectivity index (χ0n) is 26.5. The first-order chi connectivity index (χ1) is 23.8. The summed E-state index contributed by atoms with van der Waals surface area (Å²) in [7, 11) is 0. The molecule has 2 unspecified atom stereocenters. The van der Waals surface area contributed by atoms with Crippen LogP contribution in [0.5, 0.6) is 0 Å². The molecule has 0 amide bonds. The second-order valence-corrected chi connectivity index (χ2v) is 12.5. The Morgan fingerprint density at radius 2 is 1.06 bits per heavy atom. The van der Waals surface area contributed by atoms with Crippen molar-refractivity contribution in [1.82, 2.24) is 0 Å². The van der Waals surface area contributed by atoms with Crippen LogP contribution in [0, 0.1) is 0 Å². The fourth-order valence-electron chi connectivity index (χ4n) is 7.57. The van der Waals surface area contributed by atoms with Gasteiger partial charge in [0.05, 0.1) is 11.7 Å². The van der Waals surface area contributed by atoms with Crippen LogP contribution in [0.2, 0.25) is 0 Å². The van der Waals surface area contributed by atoms with Crippen molar-refractivity contribution in [2.24, 2.45) is 0 Å². The molecule has 0 bridgehead atoms. The van der Waals surface area contributed by atoms with Gasteiger partial charge in [0.2, 0.25) is 0 Å². The minimum atomic E-state index is 0.273. The third-order valence-corrected chi connectivity index (χ3v) is 9.78. The molecule has 1 heterocycles. The van der Waals surface area contributed by atoms with Gasteiger partial charge in [-0.2, -0.15) is 0 Å². The van der Waals surface area contributed by atoms with Gasteiger partial charge in [-0.25, -0.2) is 0 Å². The molecular formula is C46H34N2. The van der Waals surface area contributed by atoms with Gasteiger partial charge >= 0.3 is 0 Å². The topological polar surface area (TPSA) is 6.48 Å². The summed E-state index contributed by atoms with van der Waals surface area (Å²) in [6.45, 7) is 0. The van der Waals surface area contributed by atoms with Gasteiger partial charge in [0.1, 0.15) is 0 Å². The molecule has 0 radical (unpaired) electrons. The van der Waals surface area contributed by atoms with Crippen LogP contribution in [0.15, 0.2) is 194 Å². The van der Waals surface area contributed by atoms with E-state index in [2.05, 4.69) is 204 Å². The largest absolute Gasteiger partial charge is 0.333 e. The van der Waals surface area contributed by atoms with E-state index >= 15 is 0 Å². The van der Waals surface area contributed by atoms with Crippen molar-refractivity contribution < 1.29 is 0 Å². The van der Waals surface area contributed by atoms with Crippen molar-refractivity contribution in [3.8, 4) is 22.3 Å². The van der Waals surface area contributed by atoms with Gasteiger partial charge in [0.15, 0.2) is 0 Å². The lowest BCUT2D eigenvalue weighted by molar-refractivity contribution is 0.745. The minimum Gasteiger partial charge on any atom is -0.333 e. The van der Waals surface area contributed by atoms with Crippen molar-refractivity contribution in [2.75, 3.05) is 9.80 Å². The highest BCUT2D eigenvalue weighted by Gasteiger charge is 2.37. The molecule has 0 aromatic heterocycles. The Kier molecular flexibility index (Phi) is 6.98. The fraction of sp³-hybridized carbons (Fsp3) is 0.0435. The summed E-state index contributed by atoms with van der Waals surface area (Å²) in [6.07, 6.45) is 9.08. The summed E-state index contributed by atoms with van der Waals surface area (Å²) >= 11 is 0. The van der Waals surface area contributed by atoms with Crippen molar-refractivity contribution in [1.29, 1.82) is 0 Å². The maximum atomic E-state index is 2.49. The van der Waals surface area contributed by atoms with Gasteiger partial charge < -0.3 is 9.80 Å². The Hall–Kier alpha value is -6.12. The van der Waals surface area contributed by atoms with Gasteiger partial charge in [-0.1, -0.05) is 140 Å². The number of para-hydroxylation sites is 2. The molecule has 2 nitrogen and oxygen atoms in total. The summed E-state index contributed by atoms with van der Waals surface area (Å²) in [5, 5.41) is 2.46. The maximum absolute atomic E-state index is 2.49. The minimum absolute atomic E-state index is 0.273. The third-order valence-electron chi connectivity index (χ3n) is 9.78. The van der Waals surface area contributed by atoms with E-state index in [-0.39, 0.29) is 6.04 Å². The molecule has 2 aliphatic rings.